The molecule has 1 aliphatic rings. The van der Waals surface area contributed by atoms with Gasteiger partial charge < -0.3 is 10.1 Å². The summed E-state index contributed by atoms with van der Waals surface area (Å²) in [4.78, 5) is 0. The van der Waals surface area contributed by atoms with Gasteiger partial charge in [-0.25, -0.2) is 0 Å². The first-order valence-corrected chi connectivity index (χ1v) is 8.07. The smallest absolute Gasteiger partial charge is 0.145 e. The van der Waals surface area contributed by atoms with Crippen LogP contribution in [0.4, 0.5) is 5.69 Å². The normalized spacial score (nSPS) is 13.7. The highest BCUT2D eigenvalue weighted by atomic mass is 32.1. The van der Waals surface area contributed by atoms with Crippen molar-refractivity contribution >= 4 is 39.2 Å². The Morgan fingerprint density at radius 2 is 2.09 bits per heavy atom. The highest BCUT2D eigenvalue weighted by molar-refractivity contribution is 7.16. The number of nitrogens with one attached hydrogen (secondary N) is 1. The van der Waals surface area contributed by atoms with Crippen LogP contribution in [0.3, 0.4) is 0 Å². The molecule has 3 nitrogen and oxygen atoms in total. The summed E-state index contributed by atoms with van der Waals surface area (Å²) in [5, 5.41) is 3.30. The van der Waals surface area contributed by atoms with Crippen LogP contribution in [0.2, 0.25) is 0 Å². The Morgan fingerprint density at radius 1 is 1.23 bits per heavy atom. The van der Waals surface area contributed by atoms with Crippen molar-refractivity contribution in [3.63, 3.8) is 0 Å². The van der Waals surface area contributed by atoms with Crippen molar-refractivity contribution in [2.75, 3.05) is 11.9 Å². The summed E-state index contributed by atoms with van der Waals surface area (Å²) >= 11 is 1.71. The van der Waals surface area contributed by atoms with Crippen molar-refractivity contribution in [3.8, 4) is 5.75 Å². The number of benzene rings is 2. The second-order valence-corrected chi connectivity index (χ2v) is 6.18. The molecule has 1 aromatic heterocycles. The molecule has 0 atom stereocenters. The number of para-hydroxylation sites is 1. The minimum atomic E-state index is 0.683. The number of allylic oxidation sites excluding steroid dienone is 1. The fourth-order valence-electron chi connectivity index (χ4n) is 2.63. The molecule has 0 saturated carbocycles. The van der Waals surface area contributed by atoms with E-state index in [9.17, 15) is 0 Å². The van der Waals surface area contributed by atoms with Gasteiger partial charge in [0, 0.05) is 23.9 Å². The molecule has 0 bridgehead atoms. The van der Waals surface area contributed by atoms with Crippen LogP contribution in [0.5, 0.6) is 5.75 Å². The first-order chi connectivity index (χ1) is 10.8. The summed E-state index contributed by atoms with van der Waals surface area (Å²) in [6.45, 7) is 7.05. The first kappa shape index (κ1) is 13.2. The lowest BCUT2D eigenvalue weighted by atomic mass is 10.1. The van der Waals surface area contributed by atoms with Crippen molar-refractivity contribution in [2.24, 2.45) is 0 Å². The van der Waals surface area contributed by atoms with Crippen LogP contribution < -0.4 is 10.1 Å². The molecule has 1 N–H and O–H groups in total. The topological polar surface area (TPSA) is 26.2 Å². The van der Waals surface area contributed by atoms with Gasteiger partial charge in [0.2, 0.25) is 0 Å². The number of ether oxygens (including phenoxy) is 1. The van der Waals surface area contributed by atoms with E-state index in [0.717, 1.165) is 29.2 Å². The average Bonchev–Trinajstić information content (AvgIpc) is 2.49. The second-order valence-electron chi connectivity index (χ2n) is 5.19. The molecule has 0 spiro atoms. The van der Waals surface area contributed by atoms with Crippen molar-refractivity contribution in [1.29, 1.82) is 0 Å². The molecule has 0 fully saturated rings. The van der Waals surface area contributed by atoms with E-state index in [4.69, 9.17) is 4.74 Å². The van der Waals surface area contributed by atoms with Gasteiger partial charge in [0.15, 0.2) is 0 Å². The van der Waals surface area contributed by atoms with Gasteiger partial charge in [-0.15, -0.1) is 0 Å². The van der Waals surface area contributed by atoms with Crippen molar-refractivity contribution in [1.82, 2.24) is 3.96 Å². The third-order valence-corrected chi connectivity index (χ3v) is 4.82. The maximum atomic E-state index is 5.95. The van der Waals surface area contributed by atoms with Gasteiger partial charge >= 0.3 is 0 Å². The number of anilines is 1. The lowest BCUT2D eigenvalue weighted by Crippen LogP contribution is -2.10. The molecule has 110 valence electrons. The fourth-order valence-corrected chi connectivity index (χ4v) is 3.60. The Labute approximate surface area is 133 Å². The Balaban J connectivity index is 1.77. The molecule has 0 unspecified atom stereocenters. The number of fused-ring (bicyclic) bond motifs is 2. The van der Waals surface area contributed by atoms with Crippen LogP contribution >= 0.6 is 11.5 Å². The first-order valence-electron chi connectivity index (χ1n) is 7.30. The van der Waals surface area contributed by atoms with E-state index >= 15 is 0 Å². The third-order valence-electron chi connectivity index (χ3n) is 3.70. The summed E-state index contributed by atoms with van der Waals surface area (Å²) in [5.74, 6) is 1.54. The predicted octanol–water partition coefficient (Wildman–Crippen LogP) is 5.04. The zero-order chi connectivity index (χ0) is 15.1. The zero-order valence-corrected chi connectivity index (χ0v) is 13.1. The van der Waals surface area contributed by atoms with E-state index in [0.29, 0.717) is 5.76 Å². The van der Waals surface area contributed by atoms with E-state index in [-0.39, 0.29) is 0 Å². The van der Waals surface area contributed by atoms with Gasteiger partial charge in [0.1, 0.15) is 11.5 Å². The molecule has 2 aromatic carbocycles. The van der Waals surface area contributed by atoms with E-state index in [1.54, 1.807) is 11.5 Å². The summed E-state index contributed by atoms with van der Waals surface area (Å²) in [5.41, 5.74) is 4.35. The van der Waals surface area contributed by atoms with Gasteiger partial charge in [0.25, 0.3) is 0 Å². The zero-order valence-electron chi connectivity index (χ0n) is 12.3. The molecule has 22 heavy (non-hydrogen) atoms. The van der Waals surface area contributed by atoms with Gasteiger partial charge in [-0.05, 0) is 37.3 Å². The second kappa shape index (κ2) is 5.07. The van der Waals surface area contributed by atoms with Gasteiger partial charge in [-0.1, -0.05) is 30.2 Å². The molecule has 4 rings (SSSR count). The van der Waals surface area contributed by atoms with Crippen LogP contribution in [0.1, 0.15) is 12.5 Å². The molecule has 1 aliphatic heterocycles. The molecule has 2 heterocycles. The average molecular weight is 308 g/mol. The lowest BCUT2D eigenvalue weighted by molar-refractivity contribution is 0.444. The lowest BCUT2D eigenvalue weighted by Gasteiger charge is -2.24. The van der Waals surface area contributed by atoms with Crippen LogP contribution in [0, 0.1) is 0 Å². The van der Waals surface area contributed by atoms with Crippen LogP contribution in [-0.4, -0.2) is 10.5 Å². The van der Waals surface area contributed by atoms with Crippen LogP contribution in [0.25, 0.3) is 22.0 Å². The summed E-state index contributed by atoms with van der Waals surface area (Å²) in [7, 11) is 0. The maximum Gasteiger partial charge on any atom is 0.145 e. The van der Waals surface area contributed by atoms with Gasteiger partial charge in [-0.2, -0.15) is 0 Å². The quantitative estimate of drug-likeness (QED) is 0.733. The molecule has 4 heteroatoms. The van der Waals surface area contributed by atoms with Gasteiger partial charge in [0.05, 0.1) is 15.9 Å². The van der Waals surface area contributed by atoms with E-state index < -0.39 is 0 Å². The summed E-state index contributed by atoms with van der Waals surface area (Å²) in [6, 6.07) is 14.5. The number of hydrogen-bond acceptors (Lipinski definition) is 3. The maximum absolute atomic E-state index is 5.95. The molecular weight excluding hydrogens is 292 g/mol. The fraction of sp³-hybridized carbons (Fsp3) is 0.111. The number of aromatic nitrogens is 1. The Hall–Kier alpha value is -2.46. The molecule has 0 saturated heterocycles. The number of nitrogens with zero attached hydrogens (tertiary/aromatic N) is 1. The standard InChI is InChI=1S/C18H16N2OS/c1-3-19-14-9-8-13-10-16(12(2)21-17(13)11-14)20-15-6-4-5-7-18(15)22-20/h4-11,19H,2-3H2,1H3. The number of hydrogen-bond donors (Lipinski definition) is 1. The van der Waals surface area contributed by atoms with Gasteiger partial charge in [-0.3, -0.25) is 3.96 Å². The summed E-state index contributed by atoms with van der Waals surface area (Å²) < 4.78 is 9.39. The highest BCUT2D eigenvalue weighted by Crippen LogP contribution is 2.39. The molecule has 0 radical (unpaired) electrons. The highest BCUT2D eigenvalue weighted by Gasteiger charge is 2.20. The Kier molecular flexibility index (Phi) is 3.05. The van der Waals surface area contributed by atoms with Crippen molar-refractivity contribution in [3.05, 3.63) is 60.4 Å². The third kappa shape index (κ3) is 2.04. The van der Waals surface area contributed by atoms with E-state index in [1.807, 2.05) is 6.07 Å². The van der Waals surface area contributed by atoms with Crippen LogP contribution in [-0.2, 0) is 0 Å². The minimum Gasteiger partial charge on any atom is -0.455 e. The van der Waals surface area contributed by atoms with Crippen LogP contribution in [0.15, 0.2) is 54.8 Å². The monoisotopic (exact) mass is 308 g/mol. The molecule has 0 aliphatic carbocycles. The SMILES string of the molecule is C=C1Oc2cc(NCC)ccc2C=C1n1sc2ccccc21. The molecule has 3 aromatic rings. The molecule has 0 amide bonds. The van der Waals surface area contributed by atoms with Crippen molar-refractivity contribution in [2.45, 2.75) is 6.92 Å². The van der Waals surface area contributed by atoms with Crippen molar-refractivity contribution < 1.29 is 4.74 Å². The molecular formula is C18H16N2OS. The number of rotatable bonds is 3. The van der Waals surface area contributed by atoms with E-state index in [1.165, 1.54) is 10.2 Å². The minimum absolute atomic E-state index is 0.683. The predicted molar refractivity (Wildman–Crippen MR) is 94.4 cm³/mol. The Morgan fingerprint density at radius 3 is 2.91 bits per heavy atom. The largest absolute Gasteiger partial charge is 0.455 e. The van der Waals surface area contributed by atoms with E-state index in [2.05, 4.69) is 65.3 Å². The summed E-state index contributed by atoms with van der Waals surface area (Å²) in [6.07, 6.45) is 2.14. The Bertz CT molecular complexity index is 901.